The van der Waals surface area contributed by atoms with Crippen LogP contribution in [0.5, 0.6) is 0 Å². The van der Waals surface area contributed by atoms with E-state index >= 15 is 0 Å². The van der Waals surface area contributed by atoms with Gasteiger partial charge in [0.05, 0.1) is 0 Å². The fourth-order valence-electron chi connectivity index (χ4n) is 1.41. The normalized spacial score (nSPS) is 11.9. The van der Waals surface area contributed by atoms with Gasteiger partial charge in [0.15, 0.2) is 0 Å². The second-order valence-electron chi connectivity index (χ2n) is 3.83. The van der Waals surface area contributed by atoms with Gasteiger partial charge in [-0.3, -0.25) is 0 Å². The minimum absolute atomic E-state index is 0.0340. The van der Waals surface area contributed by atoms with Gasteiger partial charge in [-0.25, -0.2) is 9.97 Å². The molecule has 0 spiro atoms. The van der Waals surface area contributed by atoms with Gasteiger partial charge in [-0.05, 0) is 12.0 Å². The highest BCUT2D eigenvalue weighted by Gasteiger charge is 2.32. The highest BCUT2D eigenvalue weighted by Crippen LogP contribution is 2.27. The van der Waals surface area contributed by atoms with E-state index in [0.29, 0.717) is 12.5 Å². The highest BCUT2D eigenvalue weighted by molar-refractivity contribution is 5.25. The second-order valence-corrected chi connectivity index (χ2v) is 3.83. The maximum absolute atomic E-state index is 12.4. The molecule has 0 amide bonds. The molecule has 1 rings (SSSR count). The van der Waals surface area contributed by atoms with E-state index in [1.165, 1.54) is 0 Å². The molecule has 0 radical (unpaired) electrons. The molecule has 0 bridgehead atoms. The number of aromatic nitrogens is 2. The van der Waals surface area contributed by atoms with Crippen molar-refractivity contribution in [2.24, 2.45) is 5.92 Å². The van der Waals surface area contributed by atoms with Crippen molar-refractivity contribution in [1.29, 1.82) is 0 Å². The third kappa shape index (κ3) is 4.20. The van der Waals surface area contributed by atoms with Crippen molar-refractivity contribution < 1.29 is 13.2 Å². The van der Waals surface area contributed by atoms with Crippen molar-refractivity contribution in [1.82, 2.24) is 9.97 Å². The first-order valence-electron chi connectivity index (χ1n) is 5.61. The van der Waals surface area contributed by atoms with Crippen LogP contribution >= 0.6 is 0 Å². The van der Waals surface area contributed by atoms with Crippen molar-refractivity contribution in [3.63, 3.8) is 0 Å². The lowest BCUT2D eigenvalue weighted by atomic mass is 10.0. The number of nitrogens with one attached hydrogen (secondary N) is 1. The Bertz CT molecular complexity index is 348. The lowest BCUT2D eigenvalue weighted by Crippen LogP contribution is -2.16. The van der Waals surface area contributed by atoms with Crippen molar-refractivity contribution in [2.75, 3.05) is 11.9 Å². The van der Waals surface area contributed by atoms with Gasteiger partial charge < -0.3 is 5.32 Å². The fraction of sp³-hybridized carbons (Fsp3) is 0.636. The Morgan fingerprint density at radius 3 is 2.47 bits per heavy atom. The molecule has 1 N–H and O–H groups in total. The monoisotopic (exact) mass is 247 g/mol. The molecule has 3 nitrogen and oxygen atoms in total. The van der Waals surface area contributed by atoms with Crippen LogP contribution in [0.15, 0.2) is 12.3 Å². The number of anilines is 1. The average Bonchev–Trinajstić information content (AvgIpc) is 2.30. The number of alkyl halides is 3. The molecule has 0 unspecified atom stereocenters. The molecule has 0 aliphatic rings. The Morgan fingerprint density at radius 1 is 1.29 bits per heavy atom. The maximum Gasteiger partial charge on any atom is 0.433 e. The minimum Gasteiger partial charge on any atom is -0.354 e. The molecule has 6 heteroatoms. The first-order valence-corrected chi connectivity index (χ1v) is 5.61. The van der Waals surface area contributed by atoms with E-state index < -0.39 is 11.9 Å². The molecule has 0 aromatic carbocycles. The third-order valence-corrected chi connectivity index (χ3v) is 2.65. The SMILES string of the molecule is CCC(CC)CNc1nccc(C(F)(F)F)n1. The first-order chi connectivity index (χ1) is 7.97. The summed E-state index contributed by atoms with van der Waals surface area (Å²) in [5.41, 5.74) is -0.917. The molecule has 0 fully saturated rings. The number of hydrogen-bond acceptors (Lipinski definition) is 3. The smallest absolute Gasteiger partial charge is 0.354 e. The molecule has 0 saturated carbocycles. The van der Waals surface area contributed by atoms with E-state index in [4.69, 9.17) is 0 Å². The summed E-state index contributed by atoms with van der Waals surface area (Å²) in [6, 6.07) is 0.863. The summed E-state index contributed by atoms with van der Waals surface area (Å²) in [5.74, 6) is 0.458. The second kappa shape index (κ2) is 5.84. The van der Waals surface area contributed by atoms with Crippen LogP contribution in [0.1, 0.15) is 32.4 Å². The lowest BCUT2D eigenvalue weighted by Gasteiger charge is -2.13. The molecule has 0 saturated heterocycles. The number of hydrogen-bond donors (Lipinski definition) is 1. The van der Waals surface area contributed by atoms with Crippen molar-refractivity contribution in [3.05, 3.63) is 18.0 Å². The van der Waals surface area contributed by atoms with E-state index in [0.717, 1.165) is 25.1 Å². The lowest BCUT2D eigenvalue weighted by molar-refractivity contribution is -0.141. The summed E-state index contributed by atoms with van der Waals surface area (Å²) in [5, 5.41) is 2.84. The van der Waals surface area contributed by atoms with E-state index in [1.54, 1.807) is 0 Å². The van der Waals surface area contributed by atoms with Gasteiger partial charge in [0.1, 0.15) is 5.69 Å². The van der Waals surface area contributed by atoms with Crippen LogP contribution in [-0.2, 0) is 6.18 Å². The van der Waals surface area contributed by atoms with Crippen LogP contribution in [-0.4, -0.2) is 16.5 Å². The third-order valence-electron chi connectivity index (χ3n) is 2.65. The minimum atomic E-state index is -4.42. The molecule has 0 aliphatic heterocycles. The van der Waals surface area contributed by atoms with Gasteiger partial charge in [-0.15, -0.1) is 0 Å². The molecule has 17 heavy (non-hydrogen) atoms. The topological polar surface area (TPSA) is 37.8 Å². The molecule has 1 heterocycles. The van der Waals surface area contributed by atoms with Gasteiger partial charge in [0.2, 0.25) is 5.95 Å². The van der Waals surface area contributed by atoms with E-state index in [2.05, 4.69) is 15.3 Å². The van der Waals surface area contributed by atoms with Crippen molar-refractivity contribution >= 4 is 5.95 Å². The molecule has 1 aromatic rings. The molecule has 96 valence electrons. The number of halogens is 3. The van der Waals surface area contributed by atoms with Crippen LogP contribution < -0.4 is 5.32 Å². The molecular formula is C11H16F3N3. The van der Waals surface area contributed by atoms with Crippen LogP contribution in [0.25, 0.3) is 0 Å². The maximum atomic E-state index is 12.4. The fourth-order valence-corrected chi connectivity index (χ4v) is 1.41. The summed E-state index contributed by atoms with van der Waals surface area (Å²) in [7, 11) is 0. The summed E-state index contributed by atoms with van der Waals surface area (Å²) < 4.78 is 37.1. The molecule has 1 aromatic heterocycles. The predicted molar refractivity (Wildman–Crippen MR) is 59.6 cm³/mol. The van der Waals surface area contributed by atoms with E-state index in [1.807, 2.05) is 13.8 Å². The summed E-state index contributed by atoms with van der Waals surface area (Å²) in [4.78, 5) is 7.21. The van der Waals surface area contributed by atoms with Crippen molar-refractivity contribution in [3.8, 4) is 0 Å². The average molecular weight is 247 g/mol. The largest absolute Gasteiger partial charge is 0.433 e. The molecular weight excluding hydrogens is 231 g/mol. The Labute approximate surface area is 98.5 Å². The quantitative estimate of drug-likeness (QED) is 0.867. The van der Waals surface area contributed by atoms with Gasteiger partial charge in [0.25, 0.3) is 0 Å². The summed E-state index contributed by atoms with van der Waals surface area (Å²) in [6.45, 7) is 4.68. The molecule has 0 atom stereocenters. The van der Waals surface area contributed by atoms with E-state index in [-0.39, 0.29) is 5.95 Å². The van der Waals surface area contributed by atoms with Crippen LogP contribution in [0.3, 0.4) is 0 Å². The van der Waals surface area contributed by atoms with Crippen LogP contribution in [0.2, 0.25) is 0 Å². The highest BCUT2D eigenvalue weighted by atomic mass is 19.4. The Hall–Kier alpha value is -1.33. The summed E-state index contributed by atoms with van der Waals surface area (Å²) >= 11 is 0. The van der Waals surface area contributed by atoms with Gasteiger partial charge in [-0.2, -0.15) is 13.2 Å². The Balaban J connectivity index is 2.66. The zero-order valence-electron chi connectivity index (χ0n) is 9.88. The van der Waals surface area contributed by atoms with Crippen LogP contribution in [0.4, 0.5) is 19.1 Å². The van der Waals surface area contributed by atoms with Crippen molar-refractivity contribution in [2.45, 2.75) is 32.9 Å². The Morgan fingerprint density at radius 2 is 1.94 bits per heavy atom. The zero-order valence-corrected chi connectivity index (χ0v) is 9.88. The van der Waals surface area contributed by atoms with Gasteiger partial charge in [0, 0.05) is 12.7 Å². The standard InChI is InChI=1S/C11H16F3N3/c1-3-8(4-2)7-16-10-15-6-5-9(17-10)11(12,13)14/h5-6,8H,3-4,7H2,1-2H3,(H,15,16,17). The summed E-state index contributed by atoms with van der Waals surface area (Å²) in [6.07, 6.45) is -1.36. The zero-order chi connectivity index (χ0) is 12.9. The molecule has 0 aliphatic carbocycles. The van der Waals surface area contributed by atoms with Gasteiger partial charge >= 0.3 is 6.18 Å². The first kappa shape index (κ1) is 13.7. The van der Waals surface area contributed by atoms with E-state index in [9.17, 15) is 13.2 Å². The van der Waals surface area contributed by atoms with Gasteiger partial charge in [-0.1, -0.05) is 26.7 Å². The number of rotatable bonds is 5. The Kier molecular flexibility index (Phi) is 4.72. The predicted octanol–water partition coefficient (Wildman–Crippen LogP) is 3.34. The van der Waals surface area contributed by atoms with Crippen LogP contribution in [0, 0.1) is 5.92 Å². The number of nitrogens with zero attached hydrogens (tertiary/aromatic N) is 2.